The van der Waals surface area contributed by atoms with Crippen LogP contribution in [-0.4, -0.2) is 35.5 Å². The van der Waals surface area contributed by atoms with E-state index in [-0.39, 0.29) is 10.6 Å². The molecule has 1 aromatic rings. The number of halogens is 1. The Bertz CT molecular complexity index is 515. The minimum absolute atomic E-state index is 0.103. The van der Waals surface area contributed by atoms with Crippen molar-refractivity contribution in [1.82, 2.24) is 10.2 Å². The number of rotatable bonds is 4. The first-order valence-electron chi connectivity index (χ1n) is 7.02. The van der Waals surface area contributed by atoms with Gasteiger partial charge in [0, 0.05) is 35.8 Å². The van der Waals surface area contributed by atoms with Crippen LogP contribution < -0.4 is 5.32 Å². The van der Waals surface area contributed by atoms with Crippen LogP contribution in [-0.2, 0) is 6.54 Å². The number of hydrogen-bond donors (Lipinski definition) is 1. The van der Waals surface area contributed by atoms with Crippen molar-refractivity contribution in [3.05, 3.63) is 38.9 Å². The van der Waals surface area contributed by atoms with Gasteiger partial charge in [-0.1, -0.05) is 11.6 Å². The molecule has 3 aliphatic heterocycles. The summed E-state index contributed by atoms with van der Waals surface area (Å²) in [6.45, 7) is 3.99. The normalized spacial score (nSPS) is 28.6. The molecular formula is C14H18ClN3O2. The fourth-order valence-electron chi connectivity index (χ4n) is 3.29. The zero-order chi connectivity index (χ0) is 14.1. The van der Waals surface area contributed by atoms with E-state index in [0.29, 0.717) is 29.1 Å². The summed E-state index contributed by atoms with van der Waals surface area (Å²) < 4.78 is 0. The molecule has 2 bridgehead atoms. The summed E-state index contributed by atoms with van der Waals surface area (Å²) in [5.74, 6) is 0.714. The second-order valence-electron chi connectivity index (χ2n) is 5.66. The average molecular weight is 296 g/mol. The van der Waals surface area contributed by atoms with E-state index in [9.17, 15) is 10.1 Å². The van der Waals surface area contributed by atoms with Gasteiger partial charge in [0.05, 0.1) is 4.92 Å². The maximum Gasteiger partial charge on any atom is 0.275 e. The van der Waals surface area contributed by atoms with Crippen molar-refractivity contribution in [2.45, 2.75) is 25.4 Å². The monoisotopic (exact) mass is 295 g/mol. The van der Waals surface area contributed by atoms with Crippen molar-refractivity contribution >= 4 is 17.3 Å². The SMILES string of the molecule is O=[N+]([O-])c1cc(Cl)ccc1CNC1CN2CCC1CC2. The van der Waals surface area contributed by atoms with Gasteiger partial charge in [-0.25, -0.2) is 0 Å². The lowest BCUT2D eigenvalue weighted by molar-refractivity contribution is -0.385. The van der Waals surface area contributed by atoms with Crippen LogP contribution in [0.25, 0.3) is 0 Å². The largest absolute Gasteiger partial charge is 0.308 e. The summed E-state index contributed by atoms with van der Waals surface area (Å²) >= 11 is 5.83. The summed E-state index contributed by atoms with van der Waals surface area (Å²) in [6, 6.07) is 5.33. The molecule has 1 N–H and O–H groups in total. The molecule has 0 aromatic heterocycles. The number of nitrogens with one attached hydrogen (secondary N) is 1. The van der Waals surface area contributed by atoms with E-state index in [1.165, 1.54) is 32.0 Å². The maximum absolute atomic E-state index is 11.1. The molecule has 3 saturated heterocycles. The standard InChI is InChI=1S/C14H18ClN3O2/c15-12-2-1-11(14(7-12)18(19)20)8-16-13-9-17-5-3-10(13)4-6-17/h1-2,7,10,13,16H,3-6,8-9H2. The van der Waals surface area contributed by atoms with Gasteiger partial charge in [-0.15, -0.1) is 0 Å². The van der Waals surface area contributed by atoms with Crippen LogP contribution in [0.3, 0.4) is 0 Å². The first kappa shape index (κ1) is 13.8. The van der Waals surface area contributed by atoms with Crippen molar-refractivity contribution in [2.24, 2.45) is 5.92 Å². The van der Waals surface area contributed by atoms with E-state index >= 15 is 0 Å². The molecular weight excluding hydrogens is 278 g/mol. The summed E-state index contributed by atoms with van der Waals surface area (Å²) in [6.07, 6.45) is 2.47. The number of fused-ring (bicyclic) bond motifs is 3. The Kier molecular flexibility index (Phi) is 3.92. The quantitative estimate of drug-likeness (QED) is 0.685. The molecule has 0 amide bonds. The Hall–Kier alpha value is -1.17. The minimum atomic E-state index is -0.362. The lowest BCUT2D eigenvalue weighted by Gasteiger charge is -2.45. The zero-order valence-electron chi connectivity index (χ0n) is 11.2. The van der Waals surface area contributed by atoms with Crippen LogP contribution in [0, 0.1) is 16.0 Å². The smallest absolute Gasteiger partial charge is 0.275 e. The number of benzene rings is 1. The third-order valence-electron chi connectivity index (χ3n) is 4.45. The first-order chi connectivity index (χ1) is 9.63. The van der Waals surface area contributed by atoms with Crippen molar-refractivity contribution in [3.63, 3.8) is 0 Å². The summed E-state index contributed by atoms with van der Waals surface area (Å²) in [4.78, 5) is 13.2. The lowest BCUT2D eigenvalue weighted by Crippen LogP contribution is -2.55. The van der Waals surface area contributed by atoms with Crippen LogP contribution in [0.1, 0.15) is 18.4 Å². The summed E-state index contributed by atoms with van der Waals surface area (Å²) in [7, 11) is 0. The van der Waals surface area contributed by atoms with Crippen molar-refractivity contribution in [1.29, 1.82) is 0 Å². The molecule has 3 heterocycles. The van der Waals surface area contributed by atoms with E-state index < -0.39 is 0 Å². The minimum Gasteiger partial charge on any atom is -0.308 e. The fourth-order valence-corrected chi connectivity index (χ4v) is 3.46. The van der Waals surface area contributed by atoms with E-state index in [4.69, 9.17) is 11.6 Å². The number of nitro groups is 1. The van der Waals surface area contributed by atoms with E-state index in [1.807, 2.05) is 0 Å². The van der Waals surface area contributed by atoms with E-state index in [1.54, 1.807) is 12.1 Å². The highest BCUT2D eigenvalue weighted by molar-refractivity contribution is 6.30. The average Bonchev–Trinajstić information content (AvgIpc) is 2.47. The van der Waals surface area contributed by atoms with Gasteiger partial charge >= 0.3 is 0 Å². The third kappa shape index (κ3) is 2.80. The highest BCUT2D eigenvalue weighted by Crippen LogP contribution is 2.28. The molecule has 0 saturated carbocycles. The van der Waals surface area contributed by atoms with Crippen molar-refractivity contribution < 1.29 is 4.92 Å². The van der Waals surface area contributed by atoms with Crippen LogP contribution in [0.2, 0.25) is 5.02 Å². The van der Waals surface area contributed by atoms with E-state index in [0.717, 1.165) is 6.54 Å². The topological polar surface area (TPSA) is 58.4 Å². The van der Waals surface area contributed by atoms with Crippen LogP contribution in [0.5, 0.6) is 0 Å². The van der Waals surface area contributed by atoms with Crippen molar-refractivity contribution in [3.8, 4) is 0 Å². The van der Waals surface area contributed by atoms with Crippen LogP contribution in [0.4, 0.5) is 5.69 Å². The summed E-state index contributed by atoms with van der Waals surface area (Å²) in [5, 5.41) is 15.0. The van der Waals surface area contributed by atoms with Gasteiger partial charge in [0.2, 0.25) is 0 Å². The molecule has 1 unspecified atom stereocenters. The third-order valence-corrected chi connectivity index (χ3v) is 4.69. The summed E-state index contributed by atoms with van der Waals surface area (Å²) in [5.41, 5.74) is 0.808. The Balaban J connectivity index is 1.68. The number of nitrogens with zero attached hydrogens (tertiary/aromatic N) is 2. The second-order valence-corrected chi connectivity index (χ2v) is 6.09. The van der Waals surface area contributed by atoms with Gasteiger partial charge in [-0.3, -0.25) is 10.1 Å². The molecule has 3 fully saturated rings. The lowest BCUT2D eigenvalue weighted by atomic mass is 9.84. The predicted octanol–water partition coefficient (Wildman–Crippen LogP) is 2.43. The fraction of sp³-hybridized carbons (Fsp3) is 0.571. The molecule has 1 aromatic carbocycles. The second kappa shape index (κ2) is 5.68. The molecule has 20 heavy (non-hydrogen) atoms. The number of hydrogen-bond acceptors (Lipinski definition) is 4. The molecule has 5 nitrogen and oxygen atoms in total. The van der Waals surface area contributed by atoms with Gasteiger partial charge in [0.25, 0.3) is 5.69 Å². The molecule has 108 valence electrons. The molecule has 1 atom stereocenters. The van der Waals surface area contributed by atoms with Crippen LogP contribution in [0.15, 0.2) is 18.2 Å². The molecule has 4 rings (SSSR count). The zero-order valence-corrected chi connectivity index (χ0v) is 12.0. The Morgan fingerprint density at radius 1 is 1.40 bits per heavy atom. The molecule has 0 radical (unpaired) electrons. The van der Waals surface area contributed by atoms with Crippen LogP contribution >= 0.6 is 11.6 Å². The van der Waals surface area contributed by atoms with Gasteiger partial charge in [0.15, 0.2) is 0 Å². The maximum atomic E-state index is 11.1. The molecule has 6 heteroatoms. The molecule has 0 spiro atoms. The van der Waals surface area contributed by atoms with Gasteiger partial charge in [-0.2, -0.15) is 0 Å². The number of piperidine rings is 3. The predicted molar refractivity (Wildman–Crippen MR) is 77.9 cm³/mol. The highest BCUT2D eigenvalue weighted by atomic mass is 35.5. The van der Waals surface area contributed by atoms with Gasteiger partial charge in [-0.05, 0) is 44.0 Å². The van der Waals surface area contributed by atoms with Gasteiger partial charge in [0.1, 0.15) is 0 Å². The van der Waals surface area contributed by atoms with Gasteiger partial charge < -0.3 is 10.2 Å². The Labute approximate surface area is 123 Å². The Morgan fingerprint density at radius 3 is 2.75 bits per heavy atom. The number of nitro benzene ring substituents is 1. The first-order valence-corrected chi connectivity index (χ1v) is 7.40. The van der Waals surface area contributed by atoms with Crippen molar-refractivity contribution in [2.75, 3.05) is 19.6 Å². The molecule has 3 aliphatic rings. The van der Waals surface area contributed by atoms with E-state index in [2.05, 4.69) is 10.2 Å². The Morgan fingerprint density at radius 2 is 2.15 bits per heavy atom. The molecule has 0 aliphatic carbocycles. The highest BCUT2D eigenvalue weighted by Gasteiger charge is 2.33.